The van der Waals surface area contributed by atoms with Crippen LogP contribution in [-0.4, -0.2) is 16.9 Å². The first-order valence-electron chi connectivity index (χ1n) is 6.53. The molecule has 1 amide bonds. The van der Waals surface area contributed by atoms with Crippen LogP contribution in [0.3, 0.4) is 0 Å². The SMILES string of the molecule is Cc1ccc(C(=O)N[C@@H](C)Cc2ccccc2Cl)cn1. The number of carbonyl (C=O) groups excluding carboxylic acids is 1. The van der Waals surface area contributed by atoms with Gasteiger partial charge in [-0.25, -0.2) is 0 Å². The van der Waals surface area contributed by atoms with E-state index in [1.807, 2.05) is 44.2 Å². The standard InChI is InChI=1S/C16H17ClN2O/c1-11-7-8-14(10-18-11)16(20)19-12(2)9-13-5-3-4-6-15(13)17/h3-8,10,12H,9H2,1-2H3,(H,19,20)/t12-/m0/s1. The number of pyridine rings is 1. The molecule has 1 aromatic carbocycles. The first kappa shape index (κ1) is 14.5. The van der Waals surface area contributed by atoms with Crippen LogP contribution in [0.25, 0.3) is 0 Å². The van der Waals surface area contributed by atoms with E-state index in [9.17, 15) is 4.79 Å². The lowest BCUT2D eigenvalue weighted by Crippen LogP contribution is -2.34. The molecule has 1 N–H and O–H groups in total. The molecule has 1 heterocycles. The van der Waals surface area contributed by atoms with E-state index >= 15 is 0 Å². The summed E-state index contributed by atoms with van der Waals surface area (Å²) in [6, 6.07) is 11.3. The van der Waals surface area contributed by atoms with Crippen LogP contribution in [0, 0.1) is 6.92 Å². The van der Waals surface area contributed by atoms with Crippen molar-refractivity contribution in [3.63, 3.8) is 0 Å². The number of aromatic nitrogens is 1. The number of nitrogens with zero attached hydrogens (tertiary/aromatic N) is 1. The van der Waals surface area contributed by atoms with Gasteiger partial charge in [-0.1, -0.05) is 29.8 Å². The second kappa shape index (κ2) is 6.53. The molecule has 104 valence electrons. The zero-order valence-electron chi connectivity index (χ0n) is 11.6. The topological polar surface area (TPSA) is 42.0 Å². The van der Waals surface area contributed by atoms with Crippen molar-refractivity contribution >= 4 is 17.5 Å². The van der Waals surface area contributed by atoms with Gasteiger partial charge in [0.2, 0.25) is 0 Å². The molecule has 20 heavy (non-hydrogen) atoms. The normalized spacial score (nSPS) is 11.9. The number of halogens is 1. The number of aryl methyl sites for hydroxylation is 1. The van der Waals surface area contributed by atoms with Crippen molar-refractivity contribution in [2.45, 2.75) is 26.3 Å². The van der Waals surface area contributed by atoms with E-state index in [1.165, 1.54) is 0 Å². The van der Waals surface area contributed by atoms with Crippen molar-refractivity contribution in [2.75, 3.05) is 0 Å². The molecule has 4 heteroatoms. The Balaban J connectivity index is 1.98. The van der Waals surface area contributed by atoms with Gasteiger partial charge in [-0.15, -0.1) is 0 Å². The third-order valence-corrected chi connectivity index (χ3v) is 3.40. The summed E-state index contributed by atoms with van der Waals surface area (Å²) >= 11 is 6.12. The highest BCUT2D eigenvalue weighted by molar-refractivity contribution is 6.31. The highest BCUT2D eigenvalue weighted by Crippen LogP contribution is 2.16. The van der Waals surface area contributed by atoms with Gasteiger partial charge in [-0.3, -0.25) is 9.78 Å². The molecule has 2 aromatic rings. The van der Waals surface area contributed by atoms with Crippen molar-refractivity contribution in [2.24, 2.45) is 0 Å². The monoisotopic (exact) mass is 288 g/mol. The Kier molecular flexibility index (Phi) is 4.74. The maximum atomic E-state index is 12.1. The largest absolute Gasteiger partial charge is 0.349 e. The fourth-order valence-corrected chi connectivity index (χ4v) is 2.17. The molecule has 0 aliphatic heterocycles. The van der Waals surface area contributed by atoms with Crippen LogP contribution >= 0.6 is 11.6 Å². The van der Waals surface area contributed by atoms with Gasteiger partial charge in [0.05, 0.1) is 5.56 Å². The lowest BCUT2D eigenvalue weighted by molar-refractivity contribution is 0.0939. The van der Waals surface area contributed by atoms with Gasteiger partial charge in [-0.2, -0.15) is 0 Å². The number of carbonyl (C=O) groups is 1. The molecular formula is C16H17ClN2O. The van der Waals surface area contributed by atoms with E-state index < -0.39 is 0 Å². The van der Waals surface area contributed by atoms with Gasteiger partial charge in [0, 0.05) is 23.0 Å². The molecule has 1 atom stereocenters. The number of nitrogens with one attached hydrogen (secondary N) is 1. The van der Waals surface area contributed by atoms with E-state index in [-0.39, 0.29) is 11.9 Å². The van der Waals surface area contributed by atoms with E-state index in [0.29, 0.717) is 12.0 Å². The summed E-state index contributed by atoms with van der Waals surface area (Å²) < 4.78 is 0. The summed E-state index contributed by atoms with van der Waals surface area (Å²) in [5, 5.41) is 3.68. The van der Waals surface area contributed by atoms with Gasteiger partial charge in [0.1, 0.15) is 0 Å². The van der Waals surface area contributed by atoms with Crippen LogP contribution in [0.4, 0.5) is 0 Å². The highest BCUT2D eigenvalue weighted by Gasteiger charge is 2.11. The average molecular weight is 289 g/mol. The molecule has 3 nitrogen and oxygen atoms in total. The Labute approximate surface area is 124 Å². The third kappa shape index (κ3) is 3.81. The summed E-state index contributed by atoms with van der Waals surface area (Å²) in [5.74, 6) is -0.114. The van der Waals surface area contributed by atoms with Crippen LogP contribution in [0.15, 0.2) is 42.6 Å². The summed E-state index contributed by atoms with van der Waals surface area (Å²) in [7, 11) is 0. The Morgan fingerprint density at radius 1 is 1.30 bits per heavy atom. The first-order valence-corrected chi connectivity index (χ1v) is 6.91. The number of hydrogen-bond donors (Lipinski definition) is 1. The van der Waals surface area contributed by atoms with Crippen molar-refractivity contribution < 1.29 is 4.79 Å². The minimum atomic E-state index is -0.114. The summed E-state index contributed by atoms with van der Waals surface area (Å²) in [4.78, 5) is 16.2. The molecule has 1 aromatic heterocycles. The zero-order chi connectivity index (χ0) is 14.5. The van der Waals surface area contributed by atoms with Gasteiger partial charge in [-0.05, 0) is 44.0 Å². The molecule has 0 aliphatic carbocycles. The zero-order valence-corrected chi connectivity index (χ0v) is 12.3. The van der Waals surface area contributed by atoms with Gasteiger partial charge < -0.3 is 5.32 Å². The molecule has 0 bridgehead atoms. The Bertz CT molecular complexity index is 596. The summed E-state index contributed by atoms with van der Waals surface area (Å²) in [6.07, 6.45) is 2.29. The van der Waals surface area contributed by atoms with E-state index in [0.717, 1.165) is 16.3 Å². The summed E-state index contributed by atoms with van der Waals surface area (Å²) in [5.41, 5.74) is 2.50. The van der Waals surface area contributed by atoms with Crippen LogP contribution in [0.1, 0.15) is 28.5 Å². The smallest absolute Gasteiger partial charge is 0.253 e. The molecule has 0 unspecified atom stereocenters. The first-order chi connectivity index (χ1) is 9.56. The Hall–Kier alpha value is -1.87. The average Bonchev–Trinajstić information content (AvgIpc) is 2.42. The Morgan fingerprint density at radius 2 is 2.05 bits per heavy atom. The number of hydrogen-bond acceptors (Lipinski definition) is 2. The molecule has 0 saturated heterocycles. The molecule has 0 aliphatic rings. The second-order valence-electron chi connectivity index (χ2n) is 4.86. The van der Waals surface area contributed by atoms with E-state index in [2.05, 4.69) is 10.3 Å². The van der Waals surface area contributed by atoms with Crippen molar-refractivity contribution in [3.05, 3.63) is 64.4 Å². The molecule has 0 spiro atoms. The van der Waals surface area contributed by atoms with Gasteiger partial charge >= 0.3 is 0 Å². The maximum absolute atomic E-state index is 12.1. The maximum Gasteiger partial charge on any atom is 0.253 e. The van der Waals surface area contributed by atoms with Crippen LogP contribution in [0.2, 0.25) is 5.02 Å². The fourth-order valence-electron chi connectivity index (χ4n) is 1.95. The Morgan fingerprint density at radius 3 is 2.70 bits per heavy atom. The highest BCUT2D eigenvalue weighted by atomic mass is 35.5. The van der Waals surface area contributed by atoms with Crippen LogP contribution < -0.4 is 5.32 Å². The van der Waals surface area contributed by atoms with E-state index in [4.69, 9.17) is 11.6 Å². The quantitative estimate of drug-likeness (QED) is 0.937. The second-order valence-corrected chi connectivity index (χ2v) is 5.27. The predicted molar refractivity (Wildman–Crippen MR) is 81.1 cm³/mol. The lowest BCUT2D eigenvalue weighted by atomic mass is 10.1. The fraction of sp³-hybridized carbons (Fsp3) is 0.250. The molecular weight excluding hydrogens is 272 g/mol. The van der Waals surface area contributed by atoms with Crippen LogP contribution in [-0.2, 0) is 6.42 Å². The third-order valence-electron chi connectivity index (χ3n) is 3.03. The molecule has 0 saturated carbocycles. The minimum absolute atomic E-state index is 0.00343. The lowest BCUT2D eigenvalue weighted by Gasteiger charge is -2.14. The predicted octanol–water partition coefficient (Wildman–Crippen LogP) is 3.40. The van der Waals surface area contributed by atoms with Crippen molar-refractivity contribution in [1.82, 2.24) is 10.3 Å². The number of amides is 1. The van der Waals surface area contributed by atoms with E-state index in [1.54, 1.807) is 12.3 Å². The number of rotatable bonds is 4. The number of benzene rings is 1. The minimum Gasteiger partial charge on any atom is -0.349 e. The van der Waals surface area contributed by atoms with Crippen molar-refractivity contribution in [1.29, 1.82) is 0 Å². The van der Waals surface area contributed by atoms with Gasteiger partial charge in [0.15, 0.2) is 0 Å². The van der Waals surface area contributed by atoms with Gasteiger partial charge in [0.25, 0.3) is 5.91 Å². The molecule has 0 fully saturated rings. The molecule has 2 rings (SSSR count). The van der Waals surface area contributed by atoms with Crippen LogP contribution in [0.5, 0.6) is 0 Å². The molecule has 0 radical (unpaired) electrons. The summed E-state index contributed by atoms with van der Waals surface area (Å²) in [6.45, 7) is 3.85. The van der Waals surface area contributed by atoms with Crippen molar-refractivity contribution in [3.8, 4) is 0 Å².